The summed E-state index contributed by atoms with van der Waals surface area (Å²) in [7, 11) is -1.67. The van der Waals surface area contributed by atoms with Crippen LogP contribution in [-0.4, -0.2) is 51.6 Å². The normalized spacial score (nSPS) is 11.8. The predicted molar refractivity (Wildman–Crippen MR) is 95.6 cm³/mol. The Morgan fingerprint density at radius 3 is 2.33 bits per heavy atom. The van der Waals surface area contributed by atoms with Crippen LogP contribution in [0.15, 0.2) is 24.3 Å². The molecule has 0 saturated heterocycles. The summed E-state index contributed by atoms with van der Waals surface area (Å²) in [4.78, 5) is 12.0. The fourth-order valence-electron chi connectivity index (χ4n) is 2.16. The van der Waals surface area contributed by atoms with Gasteiger partial charge in [-0.25, -0.2) is 12.7 Å². The first-order valence-electron chi connectivity index (χ1n) is 8.07. The number of nitrogens with one attached hydrogen (secondary N) is 1. The Morgan fingerprint density at radius 1 is 1.21 bits per heavy atom. The van der Waals surface area contributed by atoms with Crippen LogP contribution < -0.4 is 10.1 Å². The fourth-order valence-corrected chi connectivity index (χ4v) is 3.02. The Morgan fingerprint density at radius 2 is 1.83 bits per heavy atom. The Bertz CT molecular complexity index is 612. The van der Waals surface area contributed by atoms with Crippen LogP contribution in [-0.2, 0) is 21.2 Å². The summed E-state index contributed by atoms with van der Waals surface area (Å²) in [5.41, 5.74) is 0.882. The van der Waals surface area contributed by atoms with Crippen molar-refractivity contribution in [2.75, 3.05) is 33.0 Å². The maximum Gasteiger partial charge on any atom is 0.224 e. The van der Waals surface area contributed by atoms with Gasteiger partial charge in [-0.2, -0.15) is 0 Å². The van der Waals surface area contributed by atoms with Crippen LogP contribution in [0.2, 0.25) is 0 Å². The molecule has 0 unspecified atom stereocenters. The summed E-state index contributed by atoms with van der Waals surface area (Å²) >= 11 is 0. The molecule has 0 heterocycles. The molecule has 0 aliphatic heterocycles. The van der Waals surface area contributed by atoms with E-state index in [4.69, 9.17) is 4.74 Å². The minimum Gasteiger partial charge on any atom is -0.497 e. The van der Waals surface area contributed by atoms with Crippen molar-refractivity contribution < 1.29 is 17.9 Å². The van der Waals surface area contributed by atoms with Crippen LogP contribution in [0.3, 0.4) is 0 Å². The van der Waals surface area contributed by atoms with E-state index in [-0.39, 0.29) is 12.3 Å². The molecular weight excluding hydrogens is 328 g/mol. The highest BCUT2D eigenvalue weighted by atomic mass is 32.2. The van der Waals surface area contributed by atoms with Crippen LogP contribution in [0.1, 0.15) is 25.8 Å². The van der Waals surface area contributed by atoms with Gasteiger partial charge in [0.25, 0.3) is 0 Å². The van der Waals surface area contributed by atoms with Crippen LogP contribution in [0.25, 0.3) is 0 Å². The first kappa shape index (κ1) is 20.4. The lowest BCUT2D eigenvalue weighted by atomic mass is 10.1. The molecule has 0 fully saturated rings. The summed E-state index contributed by atoms with van der Waals surface area (Å²) in [5, 5.41) is 2.77. The Kier molecular flexibility index (Phi) is 8.21. The van der Waals surface area contributed by atoms with E-state index in [2.05, 4.69) is 19.2 Å². The van der Waals surface area contributed by atoms with Gasteiger partial charge in [-0.1, -0.05) is 26.0 Å². The minimum atomic E-state index is -3.26. The summed E-state index contributed by atoms with van der Waals surface area (Å²) in [6.07, 6.45) is 2.26. The van der Waals surface area contributed by atoms with Gasteiger partial charge in [-0.3, -0.25) is 4.79 Å². The number of hydrogen-bond acceptors (Lipinski definition) is 4. The van der Waals surface area contributed by atoms with Crippen molar-refractivity contribution >= 4 is 15.9 Å². The maximum atomic E-state index is 12.0. The van der Waals surface area contributed by atoms with Crippen molar-refractivity contribution in [2.24, 2.45) is 5.92 Å². The SMILES string of the molecule is COc1ccc(CC(=O)NCCN(CCC(C)C)S(C)(=O)=O)cc1. The number of amides is 1. The lowest BCUT2D eigenvalue weighted by Crippen LogP contribution is -2.39. The van der Waals surface area contributed by atoms with Crippen LogP contribution in [0.5, 0.6) is 5.75 Å². The van der Waals surface area contributed by atoms with E-state index in [9.17, 15) is 13.2 Å². The number of sulfonamides is 1. The summed E-state index contributed by atoms with van der Waals surface area (Å²) in [6.45, 7) is 5.18. The molecular formula is C17H28N2O4S. The molecule has 0 radical (unpaired) electrons. The second-order valence-electron chi connectivity index (χ2n) is 6.22. The van der Waals surface area contributed by atoms with Gasteiger partial charge in [0.1, 0.15) is 5.75 Å². The number of benzene rings is 1. The van der Waals surface area contributed by atoms with Crippen molar-refractivity contribution in [1.29, 1.82) is 0 Å². The van der Waals surface area contributed by atoms with Crippen molar-refractivity contribution in [1.82, 2.24) is 9.62 Å². The van der Waals surface area contributed by atoms with Gasteiger partial charge in [-0.15, -0.1) is 0 Å². The molecule has 0 saturated carbocycles. The van der Waals surface area contributed by atoms with Gasteiger partial charge in [0, 0.05) is 19.6 Å². The zero-order valence-electron chi connectivity index (χ0n) is 14.9. The number of hydrogen-bond donors (Lipinski definition) is 1. The highest BCUT2D eigenvalue weighted by Gasteiger charge is 2.16. The molecule has 0 aliphatic rings. The zero-order chi connectivity index (χ0) is 18.2. The Hall–Kier alpha value is -1.60. The molecule has 0 bridgehead atoms. The van der Waals surface area contributed by atoms with Crippen molar-refractivity contribution in [3.63, 3.8) is 0 Å². The number of methoxy groups -OCH3 is 1. The number of carbonyl (C=O) groups excluding carboxylic acids is 1. The second kappa shape index (κ2) is 9.64. The van der Waals surface area contributed by atoms with Gasteiger partial charge in [0.2, 0.25) is 15.9 Å². The second-order valence-corrected chi connectivity index (χ2v) is 8.20. The fraction of sp³-hybridized carbons (Fsp3) is 0.588. The van der Waals surface area contributed by atoms with Gasteiger partial charge >= 0.3 is 0 Å². The summed E-state index contributed by atoms with van der Waals surface area (Å²) in [6, 6.07) is 7.29. The highest BCUT2D eigenvalue weighted by Crippen LogP contribution is 2.11. The minimum absolute atomic E-state index is 0.127. The number of rotatable bonds is 10. The first-order valence-corrected chi connectivity index (χ1v) is 9.92. The van der Waals surface area contributed by atoms with E-state index >= 15 is 0 Å². The standard InChI is InChI=1S/C17H28N2O4S/c1-14(2)9-11-19(24(4,21)22)12-10-18-17(20)13-15-5-7-16(23-3)8-6-15/h5-8,14H,9-13H2,1-4H3,(H,18,20). The molecule has 0 aliphatic carbocycles. The molecule has 0 aromatic heterocycles. The molecule has 0 spiro atoms. The lowest BCUT2D eigenvalue weighted by Gasteiger charge is -2.21. The molecule has 7 heteroatoms. The van der Waals surface area contributed by atoms with Crippen molar-refractivity contribution in [3.05, 3.63) is 29.8 Å². The lowest BCUT2D eigenvalue weighted by molar-refractivity contribution is -0.120. The van der Waals surface area contributed by atoms with Gasteiger partial charge < -0.3 is 10.1 Å². The number of nitrogens with zero attached hydrogens (tertiary/aromatic N) is 1. The molecule has 136 valence electrons. The van der Waals surface area contributed by atoms with E-state index in [0.717, 1.165) is 17.7 Å². The first-order chi connectivity index (χ1) is 11.2. The molecule has 1 aromatic rings. The quantitative estimate of drug-likeness (QED) is 0.692. The Balaban J connectivity index is 2.43. The molecule has 0 atom stereocenters. The van der Waals surface area contributed by atoms with E-state index in [1.807, 2.05) is 12.1 Å². The predicted octanol–water partition coefficient (Wildman–Crippen LogP) is 1.66. The molecule has 24 heavy (non-hydrogen) atoms. The van der Waals surface area contributed by atoms with Gasteiger partial charge in [0.05, 0.1) is 19.8 Å². The van der Waals surface area contributed by atoms with Crippen molar-refractivity contribution in [2.45, 2.75) is 26.7 Å². The van der Waals surface area contributed by atoms with E-state index in [1.54, 1.807) is 19.2 Å². The average Bonchev–Trinajstić information content (AvgIpc) is 2.50. The molecule has 1 amide bonds. The average molecular weight is 356 g/mol. The molecule has 1 rings (SSSR count). The monoisotopic (exact) mass is 356 g/mol. The molecule has 1 N–H and O–H groups in total. The van der Waals surface area contributed by atoms with E-state index in [0.29, 0.717) is 25.6 Å². The third-order valence-electron chi connectivity index (χ3n) is 3.63. The van der Waals surface area contributed by atoms with Crippen molar-refractivity contribution in [3.8, 4) is 5.75 Å². The molecule has 6 nitrogen and oxygen atoms in total. The summed E-state index contributed by atoms with van der Waals surface area (Å²) < 4.78 is 30.0. The third-order valence-corrected chi connectivity index (χ3v) is 4.94. The largest absolute Gasteiger partial charge is 0.497 e. The number of ether oxygens (including phenoxy) is 1. The third kappa shape index (κ3) is 7.79. The topological polar surface area (TPSA) is 75.7 Å². The van der Waals surface area contributed by atoms with Gasteiger partial charge in [-0.05, 0) is 30.0 Å². The maximum absolute atomic E-state index is 12.0. The van der Waals surface area contributed by atoms with Crippen LogP contribution in [0, 0.1) is 5.92 Å². The highest BCUT2D eigenvalue weighted by molar-refractivity contribution is 7.88. The van der Waals surface area contributed by atoms with Crippen LogP contribution in [0.4, 0.5) is 0 Å². The van der Waals surface area contributed by atoms with Gasteiger partial charge in [0.15, 0.2) is 0 Å². The number of carbonyl (C=O) groups is 1. The smallest absolute Gasteiger partial charge is 0.224 e. The van der Waals surface area contributed by atoms with E-state index in [1.165, 1.54) is 10.6 Å². The Labute approximate surface area is 145 Å². The van der Waals surface area contributed by atoms with Crippen LogP contribution >= 0.6 is 0 Å². The van der Waals surface area contributed by atoms with E-state index < -0.39 is 10.0 Å². The zero-order valence-corrected chi connectivity index (χ0v) is 15.7. The summed E-state index contributed by atoms with van der Waals surface area (Å²) in [5.74, 6) is 1.05. The molecule has 1 aromatic carbocycles.